The number of benzene rings is 1. The van der Waals surface area contributed by atoms with Crippen LogP contribution in [0, 0.1) is 4.64 Å². The van der Waals surface area contributed by atoms with E-state index in [-0.39, 0.29) is 10.0 Å². The van der Waals surface area contributed by atoms with Crippen LogP contribution in [0.3, 0.4) is 0 Å². The molecule has 0 radical (unpaired) electrons. The Morgan fingerprint density at radius 1 is 1.15 bits per heavy atom. The largest absolute Gasteiger partial charge is 0.417 e. The van der Waals surface area contributed by atoms with E-state index in [9.17, 15) is 13.2 Å². The van der Waals surface area contributed by atoms with Gasteiger partial charge in [0.2, 0.25) is 0 Å². The number of pyridine rings is 1. The molecule has 0 saturated heterocycles. The van der Waals surface area contributed by atoms with Crippen LogP contribution in [0.25, 0.3) is 10.9 Å². The van der Waals surface area contributed by atoms with Gasteiger partial charge in [0.25, 0.3) is 0 Å². The van der Waals surface area contributed by atoms with E-state index in [1.54, 1.807) is 12.1 Å². The number of nitrogens with one attached hydrogen (secondary N) is 1. The molecule has 0 amide bonds. The molecule has 0 saturated carbocycles. The van der Waals surface area contributed by atoms with Gasteiger partial charge in [0.05, 0.1) is 5.56 Å². The van der Waals surface area contributed by atoms with Crippen molar-refractivity contribution in [2.75, 3.05) is 18.0 Å². The van der Waals surface area contributed by atoms with E-state index in [4.69, 9.17) is 12.2 Å². The van der Waals surface area contributed by atoms with Crippen molar-refractivity contribution in [3.63, 3.8) is 0 Å². The monoisotopic (exact) mass is 300 g/mol. The summed E-state index contributed by atoms with van der Waals surface area (Å²) in [6, 6.07) is 5.89. The van der Waals surface area contributed by atoms with Crippen LogP contribution in [0.1, 0.15) is 19.4 Å². The Bertz CT molecular complexity index is 672. The van der Waals surface area contributed by atoms with Crippen LogP contribution in [0.2, 0.25) is 0 Å². The highest BCUT2D eigenvalue weighted by atomic mass is 32.1. The Balaban J connectivity index is 2.68. The summed E-state index contributed by atoms with van der Waals surface area (Å²) < 4.78 is 39.1. The molecule has 1 aromatic carbocycles. The van der Waals surface area contributed by atoms with Crippen LogP contribution in [0.15, 0.2) is 24.3 Å². The second-order valence-electron chi connectivity index (χ2n) is 4.45. The van der Waals surface area contributed by atoms with Crippen molar-refractivity contribution in [1.82, 2.24) is 4.98 Å². The zero-order valence-corrected chi connectivity index (χ0v) is 12.0. The quantitative estimate of drug-likeness (QED) is 0.824. The normalized spacial score (nSPS) is 11.8. The number of hydrogen-bond acceptors (Lipinski definition) is 2. The third-order valence-corrected chi connectivity index (χ3v) is 3.48. The summed E-state index contributed by atoms with van der Waals surface area (Å²) >= 11 is 4.89. The van der Waals surface area contributed by atoms with Gasteiger partial charge in [0.1, 0.15) is 4.64 Å². The topological polar surface area (TPSA) is 19.0 Å². The van der Waals surface area contributed by atoms with Gasteiger partial charge in [-0.2, -0.15) is 13.2 Å². The first kappa shape index (κ1) is 14.8. The number of hydrogen-bond donors (Lipinski definition) is 1. The minimum atomic E-state index is -4.41. The molecule has 2 rings (SSSR count). The Kier molecular flexibility index (Phi) is 4.04. The van der Waals surface area contributed by atoms with Crippen LogP contribution in [0.4, 0.5) is 18.9 Å². The van der Waals surface area contributed by atoms with Gasteiger partial charge >= 0.3 is 6.18 Å². The lowest BCUT2D eigenvalue weighted by atomic mass is 10.1. The Morgan fingerprint density at radius 2 is 1.80 bits per heavy atom. The maximum atomic E-state index is 13.0. The predicted molar refractivity (Wildman–Crippen MR) is 77.7 cm³/mol. The van der Waals surface area contributed by atoms with Crippen LogP contribution >= 0.6 is 12.2 Å². The number of rotatable bonds is 3. The second kappa shape index (κ2) is 5.44. The fourth-order valence-corrected chi connectivity index (χ4v) is 2.50. The van der Waals surface area contributed by atoms with Crippen molar-refractivity contribution in [3.05, 3.63) is 34.5 Å². The Hall–Kier alpha value is -1.56. The molecule has 6 heteroatoms. The summed E-state index contributed by atoms with van der Waals surface area (Å²) in [5, 5.41) is 0.141. The molecule has 1 heterocycles. The summed E-state index contributed by atoms with van der Waals surface area (Å²) in [6.45, 7) is 5.59. The maximum Gasteiger partial charge on any atom is 0.417 e. The van der Waals surface area contributed by atoms with Crippen LogP contribution in [0.5, 0.6) is 0 Å². The van der Waals surface area contributed by atoms with Gasteiger partial charge in [-0.15, -0.1) is 0 Å². The van der Waals surface area contributed by atoms with Crippen molar-refractivity contribution < 1.29 is 13.2 Å². The highest BCUT2D eigenvalue weighted by molar-refractivity contribution is 7.71. The van der Waals surface area contributed by atoms with E-state index in [0.29, 0.717) is 5.52 Å². The molecule has 0 aliphatic heterocycles. The smallest absolute Gasteiger partial charge is 0.372 e. The highest BCUT2D eigenvalue weighted by Gasteiger charge is 2.32. The van der Waals surface area contributed by atoms with Gasteiger partial charge in [0, 0.05) is 29.7 Å². The first-order valence-electron chi connectivity index (χ1n) is 6.36. The molecular formula is C14H15F3N2S. The number of aromatic amines is 1. The van der Waals surface area contributed by atoms with Gasteiger partial charge in [0.15, 0.2) is 0 Å². The zero-order valence-electron chi connectivity index (χ0n) is 11.2. The van der Waals surface area contributed by atoms with Crippen LogP contribution in [-0.2, 0) is 6.18 Å². The van der Waals surface area contributed by atoms with E-state index >= 15 is 0 Å². The van der Waals surface area contributed by atoms with Crippen molar-refractivity contribution in [1.29, 1.82) is 0 Å². The van der Waals surface area contributed by atoms with E-state index in [0.717, 1.165) is 24.8 Å². The number of H-pyrrole nitrogens is 1. The first-order valence-corrected chi connectivity index (χ1v) is 6.76. The molecular weight excluding hydrogens is 285 g/mol. The molecule has 0 fully saturated rings. The zero-order chi connectivity index (χ0) is 14.9. The molecule has 0 atom stereocenters. The Morgan fingerprint density at radius 3 is 2.35 bits per heavy atom. The number of nitrogens with zero attached hydrogens (tertiary/aromatic N) is 1. The Labute approximate surface area is 120 Å². The molecule has 2 aromatic rings. The number of alkyl halides is 3. The molecule has 108 valence electrons. The third-order valence-electron chi connectivity index (χ3n) is 3.26. The lowest BCUT2D eigenvalue weighted by molar-refractivity contribution is -0.136. The fourth-order valence-electron chi connectivity index (χ4n) is 2.27. The molecule has 0 unspecified atom stereocenters. The predicted octanol–water partition coefficient (Wildman–Crippen LogP) is 4.76. The van der Waals surface area contributed by atoms with Crippen LogP contribution in [-0.4, -0.2) is 18.1 Å². The van der Waals surface area contributed by atoms with Gasteiger partial charge in [-0.25, -0.2) is 0 Å². The number of halogens is 3. The molecule has 1 aromatic heterocycles. The first-order chi connectivity index (χ1) is 9.36. The molecule has 0 spiro atoms. The second-order valence-corrected chi connectivity index (χ2v) is 4.89. The molecule has 0 aliphatic rings. The van der Waals surface area contributed by atoms with Crippen molar-refractivity contribution in [2.45, 2.75) is 20.0 Å². The summed E-state index contributed by atoms with van der Waals surface area (Å²) in [6.07, 6.45) is -4.41. The summed E-state index contributed by atoms with van der Waals surface area (Å²) in [5.41, 5.74) is 0.601. The molecule has 1 N–H and O–H groups in total. The molecule has 0 aliphatic carbocycles. The molecule has 0 bridgehead atoms. The van der Waals surface area contributed by atoms with Gasteiger partial charge in [-0.1, -0.05) is 18.3 Å². The van der Waals surface area contributed by atoms with E-state index in [2.05, 4.69) is 9.88 Å². The van der Waals surface area contributed by atoms with Crippen molar-refractivity contribution in [3.8, 4) is 0 Å². The number of anilines is 1. The van der Waals surface area contributed by atoms with Crippen LogP contribution < -0.4 is 4.90 Å². The van der Waals surface area contributed by atoms with E-state index in [1.165, 1.54) is 6.07 Å². The minimum absolute atomic E-state index is 0.0847. The van der Waals surface area contributed by atoms with Crippen molar-refractivity contribution >= 4 is 28.8 Å². The molecule has 2 nitrogen and oxygen atoms in total. The lowest BCUT2D eigenvalue weighted by Crippen LogP contribution is -2.21. The average molecular weight is 300 g/mol. The molecule has 20 heavy (non-hydrogen) atoms. The maximum absolute atomic E-state index is 13.0. The highest BCUT2D eigenvalue weighted by Crippen LogP contribution is 2.35. The third kappa shape index (κ3) is 2.80. The number of fused-ring (bicyclic) bond motifs is 1. The van der Waals surface area contributed by atoms with Gasteiger partial charge < -0.3 is 9.88 Å². The summed E-state index contributed by atoms with van der Waals surface area (Å²) in [7, 11) is 0. The SMILES string of the molecule is CCN(CC)c1ccc2c(C(F)(F)F)cc(=S)[nH]c2c1. The summed E-state index contributed by atoms with van der Waals surface area (Å²) in [4.78, 5) is 4.90. The average Bonchev–Trinajstić information content (AvgIpc) is 2.37. The standard InChI is InChI=1S/C14H15F3N2S/c1-3-19(4-2)9-5-6-10-11(14(15,16)17)8-13(20)18-12(10)7-9/h5-8H,3-4H2,1-2H3,(H,18,20). The summed E-state index contributed by atoms with van der Waals surface area (Å²) in [5.74, 6) is 0. The fraction of sp³-hybridized carbons (Fsp3) is 0.357. The van der Waals surface area contributed by atoms with Gasteiger partial charge in [-0.05, 0) is 32.0 Å². The number of aromatic nitrogens is 1. The van der Waals surface area contributed by atoms with Crippen molar-refractivity contribution in [2.24, 2.45) is 0 Å². The van der Waals surface area contributed by atoms with E-state index < -0.39 is 11.7 Å². The minimum Gasteiger partial charge on any atom is -0.372 e. The lowest BCUT2D eigenvalue weighted by Gasteiger charge is -2.21. The van der Waals surface area contributed by atoms with Gasteiger partial charge in [-0.3, -0.25) is 0 Å². The van der Waals surface area contributed by atoms with E-state index in [1.807, 2.05) is 13.8 Å².